The number of halogens is 11. The van der Waals surface area contributed by atoms with Gasteiger partial charge in [-0.3, -0.25) is 9.59 Å². The number of allylic oxidation sites excluding steroid dienone is 1. The highest BCUT2D eigenvalue weighted by molar-refractivity contribution is 6.34. The molecule has 0 aliphatic carbocycles. The van der Waals surface area contributed by atoms with Crippen LogP contribution in [0, 0.1) is 0 Å². The van der Waals surface area contributed by atoms with E-state index in [0.717, 1.165) is 31.2 Å². The van der Waals surface area contributed by atoms with Gasteiger partial charge in [0.15, 0.2) is 0 Å². The molecule has 0 spiro atoms. The Balaban J connectivity index is 2.35. The fourth-order valence-corrected chi connectivity index (χ4v) is 3.69. The number of nitrogens with one attached hydrogen (secondary N) is 2. The van der Waals surface area contributed by atoms with Crippen molar-refractivity contribution in [1.29, 1.82) is 0 Å². The molecule has 2 atom stereocenters. The minimum atomic E-state index is -5.15. The van der Waals surface area contributed by atoms with E-state index in [9.17, 15) is 49.1 Å². The van der Waals surface area contributed by atoms with Gasteiger partial charge in [-0.15, -0.1) is 0 Å². The summed E-state index contributed by atoms with van der Waals surface area (Å²) < 4.78 is 119. The molecule has 0 aliphatic rings. The van der Waals surface area contributed by atoms with Gasteiger partial charge < -0.3 is 10.6 Å². The van der Waals surface area contributed by atoms with Gasteiger partial charge in [-0.2, -0.15) is 39.5 Å². The molecule has 208 valence electrons. The zero-order valence-corrected chi connectivity index (χ0v) is 20.5. The van der Waals surface area contributed by atoms with Crippen LogP contribution in [0.15, 0.2) is 42.5 Å². The van der Waals surface area contributed by atoms with Crippen molar-refractivity contribution in [2.75, 3.05) is 6.54 Å². The summed E-state index contributed by atoms with van der Waals surface area (Å²) in [6, 6.07) is 3.56. The average Bonchev–Trinajstić information content (AvgIpc) is 2.74. The summed E-state index contributed by atoms with van der Waals surface area (Å²) in [7, 11) is 0. The highest BCUT2D eigenvalue weighted by Gasteiger charge is 2.40. The van der Waals surface area contributed by atoms with Gasteiger partial charge in [-0.05, 0) is 48.4 Å². The molecule has 0 radical (unpaired) electrons. The molecule has 0 saturated heterocycles. The van der Waals surface area contributed by atoms with Crippen molar-refractivity contribution < 1.29 is 49.1 Å². The van der Waals surface area contributed by atoms with Crippen LogP contribution in [0.2, 0.25) is 10.0 Å². The van der Waals surface area contributed by atoms with Crippen molar-refractivity contribution in [3.8, 4) is 0 Å². The van der Waals surface area contributed by atoms with E-state index in [1.807, 2.05) is 5.32 Å². The molecule has 0 bridgehead atoms. The largest absolute Gasteiger partial charge is 0.417 e. The van der Waals surface area contributed by atoms with Crippen molar-refractivity contribution in [2.45, 2.75) is 37.4 Å². The molecule has 0 heterocycles. The maximum Gasteiger partial charge on any atom is 0.417 e. The van der Waals surface area contributed by atoms with E-state index >= 15 is 0 Å². The van der Waals surface area contributed by atoms with Gasteiger partial charge in [0.25, 0.3) is 5.91 Å². The summed E-state index contributed by atoms with van der Waals surface area (Å²) in [4.78, 5) is 24.1. The average molecular weight is 595 g/mol. The van der Waals surface area contributed by atoms with E-state index in [4.69, 9.17) is 23.2 Å². The summed E-state index contributed by atoms with van der Waals surface area (Å²) >= 11 is 11.5. The minimum Gasteiger partial charge on any atom is -0.345 e. The normalized spacial score (nSPS) is 14.3. The summed E-state index contributed by atoms with van der Waals surface area (Å²) in [5, 5.41) is 3.15. The van der Waals surface area contributed by atoms with E-state index in [1.165, 1.54) is 11.4 Å². The number of carbonyl (C=O) groups is 2. The molecule has 1 unspecified atom stereocenters. The van der Waals surface area contributed by atoms with Crippen molar-refractivity contribution >= 4 is 41.1 Å². The monoisotopic (exact) mass is 594 g/mol. The molecule has 0 aromatic heterocycles. The second-order valence-electron chi connectivity index (χ2n) is 7.91. The molecule has 2 aromatic rings. The second-order valence-corrected chi connectivity index (χ2v) is 8.78. The van der Waals surface area contributed by atoms with Crippen LogP contribution in [0.1, 0.15) is 39.9 Å². The lowest BCUT2D eigenvalue weighted by Gasteiger charge is -2.19. The van der Waals surface area contributed by atoms with Crippen LogP contribution >= 0.6 is 23.2 Å². The highest BCUT2D eigenvalue weighted by Crippen LogP contribution is 2.39. The molecular weight excluding hydrogens is 578 g/mol. The molecule has 2 N–H and O–H groups in total. The van der Waals surface area contributed by atoms with Crippen LogP contribution in [0.5, 0.6) is 0 Å². The number of carbonyl (C=O) groups excluding carboxylic acids is 2. The van der Waals surface area contributed by atoms with E-state index in [-0.39, 0.29) is 21.2 Å². The quantitative estimate of drug-likeness (QED) is 0.334. The number of alkyl halides is 9. The predicted octanol–water partition coefficient (Wildman–Crippen LogP) is 7.17. The highest BCUT2D eigenvalue weighted by atomic mass is 35.5. The van der Waals surface area contributed by atoms with Gasteiger partial charge in [0.05, 0.1) is 17.0 Å². The van der Waals surface area contributed by atoms with Crippen molar-refractivity contribution in [2.24, 2.45) is 0 Å². The first-order valence-electron chi connectivity index (χ1n) is 10.4. The fourth-order valence-electron chi connectivity index (χ4n) is 3.15. The zero-order chi connectivity index (χ0) is 29.1. The lowest BCUT2D eigenvalue weighted by Crippen LogP contribution is -2.47. The fraction of sp³-hybridized carbons (Fsp3) is 0.304. The molecule has 4 nitrogen and oxygen atoms in total. The molecule has 2 amide bonds. The van der Waals surface area contributed by atoms with Crippen molar-refractivity contribution in [3.63, 3.8) is 0 Å². The van der Waals surface area contributed by atoms with Crippen LogP contribution in [0.25, 0.3) is 6.08 Å². The molecule has 15 heteroatoms. The Morgan fingerprint density at radius 3 is 2.00 bits per heavy atom. The summed E-state index contributed by atoms with van der Waals surface area (Å²) in [6.07, 6.45) is -13.4. The van der Waals surface area contributed by atoms with Gasteiger partial charge in [0.2, 0.25) is 5.91 Å². The first-order valence-corrected chi connectivity index (χ1v) is 11.1. The number of hydrogen-bond donors (Lipinski definition) is 2. The molecule has 2 aromatic carbocycles. The van der Waals surface area contributed by atoms with Crippen LogP contribution in [-0.2, 0) is 11.0 Å². The third-order valence-corrected chi connectivity index (χ3v) is 5.31. The maximum atomic E-state index is 13.7. The Kier molecular flexibility index (Phi) is 9.76. The first kappa shape index (κ1) is 31.3. The van der Waals surface area contributed by atoms with E-state index in [1.54, 1.807) is 0 Å². The smallest absolute Gasteiger partial charge is 0.345 e. The molecule has 38 heavy (non-hydrogen) atoms. The Labute approximate surface area is 219 Å². The lowest BCUT2D eigenvalue weighted by atomic mass is 9.96. The van der Waals surface area contributed by atoms with E-state index in [0.29, 0.717) is 18.2 Å². The topological polar surface area (TPSA) is 58.2 Å². The SMILES string of the molecule is C[C@@H](NC(=O)c1ccc(/C=C/C(c2cc(Cl)cc(Cl)c2)C(F)(F)F)cc1C(F)(F)F)C(=O)NCC(F)(F)F. The Bertz CT molecular complexity index is 1190. The maximum absolute atomic E-state index is 13.7. The summed E-state index contributed by atoms with van der Waals surface area (Å²) in [6.45, 7) is -0.769. The van der Waals surface area contributed by atoms with Gasteiger partial charge in [0.1, 0.15) is 12.6 Å². The number of rotatable bonds is 7. The Hall–Kier alpha value is -2.93. The van der Waals surface area contributed by atoms with Gasteiger partial charge >= 0.3 is 18.5 Å². The van der Waals surface area contributed by atoms with E-state index in [2.05, 4.69) is 0 Å². The Morgan fingerprint density at radius 1 is 0.921 bits per heavy atom. The summed E-state index contributed by atoms with van der Waals surface area (Å²) in [5.74, 6) is -5.03. The zero-order valence-electron chi connectivity index (χ0n) is 19.0. The van der Waals surface area contributed by atoms with Crippen LogP contribution in [0.3, 0.4) is 0 Å². The van der Waals surface area contributed by atoms with Crippen LogP contribution < -0.4 is 10.6 Å². The lowest BCUT2D eigenvalue weighted by molar-refractivity contribution is -0.139. The van der Waals surface area contributed by atoms with Crippen molar-refractivity contribution in [3.05, 3.63) is 74.8 Å². The standard InChI is InChI=1S/C23H17Cl2F9N2O2/c1-11(19(37)35-10-21(26,27)28)36-20(38)16-4-2-12(6-18(16)23(32,33)34)3-5-17(22(29,30)31)13-7-14(24)9-15(25)8-13/h2-9,11,17H,10H2,1H3,(H,35,37)(H,36,38)/b5-3+/t11-,17?/m1/s1. The van der Waals surface area contributed by atoms with Gasteiger partial charge in [0, 0.05) is 10.0 Å². The predicted molar refractivity (Wildman–Crippen MR) is 122 cm³/mol. The minimum absolute atomic E-state index is 0.0915. The molecule has 0 saturated carbocycles. The van der Waals surface area contributed by atoms with Crippen molar-refractivity contribution in [1.82, 2.24) is 10.6 Å². The third-order valence-electron chi connectivity index (χ3n) is 4.88. The Morgan fingerprint density at radius 2 is 1.50 bits per heavy atom. The first-order chi connectivity index (χ1) is 17.3. The molecule has 2 rings (SSSR count). The van der Waals surface area contributed by atoms with Gasteiger partial charge in [-0.1, -0.05) is 41.4 Å². The van der Waals surface area contributed by atoms with Gasteiger partial charge in [-0.25, -0.2) is 0 Å². The molecule has 0 aliphatic heterocycles. The number of benzene rings is 2. The number of amides is 2. The molecular formula is C23H17Cl2F9N2O2. The summed E-state index contributed by atoms with van der Waals surface area (Å²) in [5.41, 5.74) is -3.27. The third kappa shape index (κ3) is 9.12. The van der Waals surface area contributed by atoms with Crippen LogP contribution in [0.4, 0.5) is 39.5 Å². The molecule has 0 fully saturated rings. The second kappa shape index (κ2) is 11.9. The van der Waals surface area contributed by atoms with E-state index < -0.39 is 60.0 Å². The number of hydrogen-bond acceptors (Lipinski definition) is 2. The van der Waals surface area contributed by atoms with Crippen LogP contribution in [-0.4, -0.2) is 36.8 Å².